The van der Waals surface area contributed by atoms with Gasteiger partial charge in [-0.1, -0.05) is 42.5 Å². The summed E-state index contributed by atoms with van der Waals surface area (Å²) in [6.45, 7) is 4.19. The minimum atomic E-state index is 0.888. The maximum atomic E-state index is 5.19. The van der Waals surface area contributed by atoms with Crippen LogP contribution in [0.2, 0.25) is 0 Å². The van der Waals surface area contributed by atoms with E-state index in [1.54, 1.807) is 7.11 Å². The SMILES string of the molecule is C/C=C\c1c(C)cccc1-c1ccc(OC)cc1. The van der Waals surface area contributed by atoms with Gasteiger partial charge in [0.1, 0.15) is 5.75 Å². The van der Waals surface area contributed by atoms with Crippen molar-refractivity contribution in [2.24, 2.45) is 0 Å². The highest BCUT2D eigenvalue weighted by molar-refractivity contribution is 5.77. The molecule has 92 valence electrons. The van der Waals surface area contributed by atoms with E-state index < -0.39 is 0 Å². The topological polar surface area (TPSA) is 9.23 Å². The molecule has 0 heterocycles. The molecule has 0 fully saturated rings. The van der Waals surface area contributed by atoms with Crippen LogP contribution in [0.3, 0.4) is 0 Å². The minimum Gasteiger partial charge on any atom is -0.497 e. The molecule has 18 heavy (non-hydrogen) atoms. The van der Waals surface area contributed by atoms with Crippen LogP contribution in [0.15, 0.2) is 48.5 Å². The van der Waals surface area contributed by atoms with Crippen molar-refractivity contribution in [3.05, 3.63) is 59.7 Å². The van der Waals surface area contributed by atoms with E-state index in [1.807, 2.05) is 19.1 Å². The Morgan fingerprint density at radius 3 is 2.33 bits per heavy atom. The molecule has 2 rings (SSSR count). The Kier molecular flexibility index (Phi) is 3.83. The van der Waals surface area contributed by atoms with Crippen molar-refractivity contribution >= 4 is 6.08 Å². The summed E-state index contributed by atoms with van der Waals surface area (Å²) in [4.78, 5) is 0. The number of rotatable bonds is 3. The van der Waals surface area contributed by atoms with Gasteiger partial charge in [0.15, 0.2) is 0 Å². The second-order valence-electron chi connectivity index (χ2n) is 4.26. The van der Waals surface area contributed by atoms with E-state index >= 15 is 0 Å². The molecule has 0 atom stereocenters. The fraction of sp³-hybridized carbons (Fsp3) is 0.176. The molecule has 2 aromatic rings. The van der Waals surface area contributed by atoms with Gasteiger partial charge in [-0.3, -0.25) is 0 Å². The molecule has 0 amide bonds. The Hall–Kier alpha value is -2.02. The number of aryl methyl sites for hydroxylation is 1. The Morgan fingerprint density at radius 1 is 1.00 bits per heavy atom. The van der Waals surface area contributed by atoms with Crippen molar-refractivity contribution in [3.8, 4) is 16.9 Å². The summed E-state index contributed by atoms with van der Waals surface area (Å²) in [6.07, 6.45) is 4.24. The van der Waals surface area contributed by atoms with Crippen molar-refractivity contribution in [3.63, 3.8) is 0 Å². The van der Waals surface area contributed by atoms with Crippen molar-refractivity contribution < 1.29 is 4.74 Å². The van der Waals surface area contributed by atoms with Gasteiger partial charge in [-0.15, -0.1) is 0 Å². The lowest BCUT2D eigenvalue weighted by Gasteiger charge is -2.10. The average Bonchev–Trinajstić information content (AvgIpc) is 2.41. The summed E-state index contributed by atoms with van der Waals surface area (Å²) in [7, 11) is 1.69. The van der Waals surface area contributed by atoms with Gasteiger partial charge >= 0.3 is 0 Å². The summed E-state index contributed by atoms with van der Waals surface area (Å²) < 4.78 is 5.19. The number of benzene rings is 2. The quantitative estimate of drug-likeness (QED) is 0.752. The lowest BCUT2D eigenvalue weighted by atomic mass is 9.95. The standard InChI is InChI=1S/C17H18O/c1-4-6-16-13(2)7-5-8-17(16)14-9-11-15(18-3)12-10-14/h4-12H,1-3H3/b6-4-. The Labute approximate surface area is 109 Å². The molecule has 0 aliphatic carbocycles. The minimum absolute atomic E-state index is 0.888. The van der Waals surface area contributed by atoms with Crippen LogP contribution < -0.4 is 4.74 Å². The Bertz CT molecular complexity index is 550. The zero-order valence-corrected chi connectivity index (χ0v) is 11.1. The van der Waals surface area contributed by atoms with E-state index in [0.717, 1.165) is 5.75 Å². The van der Waals surface area contributed by atoms with Gasteiger partial charge in [0.25, 0.3) is 0 Å². The average molecular weight is 238 g/mol. The third-order valence-corrected chi connectivity index (χ3v) is 3.06. The van der Waals surface area contributed by atoms with Gasteiger partial charge in [-0.05, 0) is 48.2 Å². The van der Waals surface area contributed by atoms with Gasteiger partial charge in [-0.25, -0.2) is 0 Å². The van der Waals surface area contributed by atoms with Crippen LogP contribution in [0.4, 0.5) is 0 Å². The van der Waals surface area contributed by atoms with Crippen molar-refractivity contribution in [2.45, 2.75) is 13.8 Å². The van der Waals surface area contributed by atoms with Crippen LogP contribution in [0.5, 0.6) is 5.75 Å². The maximum absolute atomic E-state index is 5.19. The Morgan fingerprint density at radius 2 is 1.72 bits per heavy atom. The first-order chi connectivity index (χ1) is 8.76. The van der Waals surface area contributed by atoms with Crippen molar-refractivity contribution in [1.82, 2.24) is 0 Å². The van der Waals surface area contributed by atoms with Crippen molar-refractivity contribution in [2.75, 3.05) is 7.11 Å². The highest BCUT2D eigenvalue weighted by Gasteiger charge is 2.05. The van der Waals surface area contributed by atoms with Gasteiger partial charge in [0.05, 0.1) is 7.11 Å². The van der Waals surface area contributed by atoms with Gasteiger partial charge in [0, 0.05) is 0 Å². The van der Waals surface area contributed by atoms with Crippen LogP contribution in [0, 0.1) is 6.92 Å². The first kappa shape index (κ1) is 12.4. The molecule has 0 spiro atoms. The lowest BCUT2D eigenvalue weighted by Crippen LogP contribution is -1.88. The van der Waals surface area contributed by atoms with E-state index in [0.29, 0.717) is 0 Å². The normalized spacial score (nSPS) is 10.8. The molecule has 0 aromatic heterocycles. The number of methoxy groups -OCH3 is 1. The number of allylic oxidation sites excluding steroid dienone is 1. The fourth-order valence-electron chi connectivity index (χ4n) is 2.09. The summed E-state index contributed by atoms with van der Waals surface area (Å²) in [5.41, 5.74) is 5.05. The van der Waals surface area contributed by atoms with Crippen LogP contribution in [-0.2, 0) is 0 Å². The second-order valence-corrected chi connectivity index (χ2v) is 4.26. The molecule has 0 bridgehead atoms. The zero-order chi connectivity index (χ0) is 13.0. The molecule has 0 saturated heterocycles. The lowest BCUT2D eigenvalue weighted by molar-refractivity contribution is 0.415. The Balaban J connectivity index is 2.52. The molecule has 0 aliphatic heterocycles. The number of hydrogen-bond donors (Lipinski definition) is 0. The molecule has 0 unspecified atom stereocenters. The van der Waals surface area contributed by atoms with Crippen LogP contribution in [-0.4, -0.2) is 7.11 Å². The van der Waals surface area contributed by atoms with Gasteiger partial charge in [-0.2, -0.15) is 0 Å². The maximum Gasteiger partial charge on any atom is 0.118 e. The van der Waals surface area contributed by atoms with Crippen LogP contribution in [0.25, 0.3) is 17.2 Å². The van der Waals surface area contributed by atoms with Gasteiger partial charge < -0.3 is 4.74 Å². The van der Waals surface area contributed by atoms with Crippen molar-refractivity contribution in [1.29, 1.82) is 0 Å². The molecule has 1 heteroatoms. The zero-order valence-electron chi connectivity index (χ0n) is 11.1. The molecule has 0 saturated carbocycles. The van der Waals surface area contributed by atoms with E-state index in [2.05, 4.69) is 49.4 Å². The molecule has 1 nitrogen and oxygen atoms in total. The predicted octanol–water partition coefficient (Wildman–Crippen LogP) is 4.70. The third-order valence-electron chi connectivity index (χ3n) is 3.06. The second kappa shape index (κ2) is 5.54. The molecular formula is C17H18O. The fourth-order valence-corrected chi connectivity index (χ4v) is 2.09. The summed E-state index contributed by atoms with van der Waals surface area (Å²) in [5.74, 6) is 0.888. The van der Waals surface area contributed by atoms with Crippen LogP contribution in [0.1, 0.15) is 18.1 Å². The summed E-state index contributed by atoms with van der Waals surface area (Å²) >= 11 is 0. The highest BCUT2D eigenvalue weighted by Crippen LogP contribution is 2.28. The van der Waals surface area contributed by atoms with E-state index in [1.165, 1.54) is 22.3 Å². The smallest absolute Gasteiger partial charge is 0.118 e. The molecule has 0 aliphatic rings. The van der Waals surface area contributed by atoms with E-state index in [9.17, 15) is 0 Å². The van der Waals surface area contributed by atoms with Gasteiger partial charge in [0.2, 0.25) is 0 Å². The molecule has 0 radical (unpaired) electrons. The number of ether oxygens (including phenoxy) is 1. The third kappa shape index (κ3) is 2.45. The molecular weight excluding hydrogens is 220 g/mol. The number of hydrogen-bond acceptors (Lipinski definition) is 1. The first-order valence-electron chi connectivity index (χ1n) is 6.13. The predicted molar refractivity (Wildman–Crippen MR) is 77.9 cm³/mol. The molecule has 2 aromatic carbocycles. The summed E-state index contributed by atoms with van der Waals surface area (Å²) in [5, 5.41) is 0. The first-order valence-corrected chi connectivity index (χ1v) is 6.13. The largest absolute Gasteiger partial charge is 0.497 e. The van der Waals surface area contributed by atoms with E-state index in [4.69, 9.17) is 4.74 Å². The summed E-state index contributed by atoms with van der Waals surface area (Å²) in [6, 6.07) is 14.6. The monoisotopic (exact) mass is 238 g/mol. The highest BCUT2D eigenvalue weighted by atomic mass is 16.5. The van der Waals surface area contributed by atoms with Crippen LogP contribution >= 0.6 is 0 Å². The molecule has 0 N–H and O–H groups in total. The van der Waals surface area contributed by atoms with E-state index in [-0.39, 0.29) is 0 Å².